The number of rotatable bonds is 5. The van der Waals surface area contributed by atoms with Gasteiger partial charge in [-0.2, -0.15) is 0 Å². The fraction of sp³-hybridized carbons (Fsp3) is 0.278. The van der Waals surface area contributed by atoms with Crippen LogP contribution >= 0.6 is 23.2 Å². The maximum atomic E-state index is 13.7. The zero-order chi connectivity index (χ0) is 18.1. The first kappa shape index (κ1) is 18.0. The van der Waals surface area contributed by atoms with Crippen molar-refractivity contribution in [3.05, 3.63) is 62.4 Å². The van der Waals surface area contributed by atoms with Gasteiger partial charge in [0.1, 0.15) is 5.82 Å². The summed E-state index contributed by atoms with van der Waals surface area (Å²) in [5.41, 5.74) is 15.5. The van der Waals surface area contributed by atoms with Gasteiger partial charge in [-0.15, -0.1) is 0 Å². The second-order valence-corrected chi connectivity index (χ2v) is 6.90. The Kier molecular flexibility index (Phi) is 5.18. The third-order valence-electron chi connectivity index (χ3n) is 4.40. The number of nitrogens with two attached hydrogens (primary N) is 2. The summed E-state index contributed by atoms with van der Waals surface area (Å²) < 4.78 is 13.7. The third kappa shape index (κ3) is 3.73. The van der Waals surface area contributed by atoms with Crippen LogP contribution in [-0.4, -0.2) is 5.91 Å². The predicted molar refractivity (Wildman–Crippen MR) is 98.3 cm³/mol. The molecule has 0 atom stereocenters. The zero-order valence-corrected chi connectivity index (χ0v) is 14.9. The third-order valence-corrected chi connectivity index (χ3v) is 5.18. The molecule has 2 aromatic carbocycles. The minimum atomic E-state index is -0.732. The van der Waals surface area contributed by atoms with Crippen molar-refractivity contribution < 1.29 is 9.18 Å². The van der Waals surface area contributed by atoms with E-state index in [2.05, 4.69) is 5.32 Å². The summed E-state index contributed by atoms with van der Waals surface area (Å²) in [7, 11) is 0. The van der Waals surface area contributed by atoms with Gasteiger partial charge in [0.2, 0.25) is 0 Å². The number of halogens is 3. The Morgan fingerprint density at radius 3 is 2.56 bits per heavy atom. The summed E-state index contributed by atoms with van der Waals surface area (Å²) in [6.07, 6.45) is 2.24. The summed E-state index contributed by atoms with van der Waals surface area (Å²) in [4.78, 5) is 12.4. The minimum absolute atomic E-state index is 0.00270. The average Bonchev–Trinajstić information content (AvgIpc) is 3.42. The highest BCUT2D eigenvalue weighted by Gasteiger charge is 2.27. The van der Waals surface area contributed by atoms with Crippen molar-refractivity contribution in [1.29, 1.82) is 0 Å². The van der Waals surface area contributed by atoms with Crippen LogP contribution in [0.1, 0.15) is 45.8 Å². The summed E-state index contributed by atoms with van der Waals surface area (Å²) in [6, 6.07) is 6.25. The summed E-state index contributed by atoms with van der Waals surface area (Å²) >= 11 is 11.5. The van der Waals surface area contributed by atoms with E-state index >= 15 is 0 Å². The molecule has 1 aliphatic carbocycles. The molecule has 1 aliphatic rings. The normalized spacial score (nSPS) is 13.8. The van der Waals surface area contributed by atoms with Crippen molar-refractivity contribution in [2.24, 2.45) is 5.73 Å². The summed E-state index contributed by atoms with van der Waals surface area (Å²) in [5, 5.41) is 2.59. The Bertz CT molecular complexity index is 814. The van der Waals surface area contributed by atoms with E-state index in [-0.39, 0.29) is 22.2 Å². The van der Waals surface area contributed by atoms with Gasteiger partial charge in [0.05, 0.1) is 10.0 Å². The van der Waals surface area contributed by atoms with Gasteiger partial charge in [0.15, 0.2) is 0 Å². The second-order valence-electron chi connectivity index (χ2n) is 6.12. The first-order valence-electron chi connectivity index (χ1n) is 7.95. The zero-order valence-electron chi connectivity index (χ0n) is 13.4. The van der Waals surface area contributed by atoms with Crippen LogP contribution in [0.15, 0.2) is 24.3 Å². The monoisotopic (exact) mass is 381 g/mol. The fourth-order valence-electron chi connectivity index (χ4n) is 2.91. The summed E-state index contributed by atoms with van der Waals surface area (Å²) in [5.74, 6) is -0.686. The standard InChI is InChI=1S/C18H18Cl2FN3O/c19-14-5-10(6-15(21)17(14)20)18(25)24-8-13-11(9-1-2-9)3-4-16(23)12(13)7-22/h3-6,9H,1-2,7-8,22-23H2,(H,24,25). The van der Waals surface area contributed by atoms with E-state index in [4.69, 9.17) is 34.7 Å². The van der Waals surface area contributed by atoms with E-state index in [0.29, 0.717) is 18.2 Å². The Morgan fingerprint density at radius 2 is 1.96 bits per heavy atom. The number of carbonyl (C=O) groups is 1. The number of carbonyl (C=O) groups excluding carboxylic acids is 1. The quantitative estimate of drug-likeness (QED) is 0.541. The lowest BCUT2D eigenvalue weighted by Crippen LogP contribution is -2.25. The van der Waals surface area contributed by atoms with Crippen molar-refractivity contribution in [1.82, 2.24) is 5.32 Å². The molecule has 4 nitrogen and oxygen atoms in total. The second kappa shape index (κ2) is 7.20. The molecule has 0 saturated heterocycles. The molecule has 2 aromatic rings. The number of amides is 1. The first-order chi connectivity index (χ1) is 11.9. The van der Waals surface area contributed by atoms with Crippen LogP contribution in [0.4, 0.5) is 10.1 Å². The van der Waals surface area contributed by atoms with Gasteiger partial charge in [0.25, 0.3) is 5.91 Å². The van der Waals surface area contributed by atoms with Gasteiger partial charge < -0.3 is 16.8 Å². The lowest BCUT2D eigenvalue weighted by atomic mass is 9.96. The largest absolute Gasteiger partial charge is 0.398 e. The molecule has 25 heavy (non-hydrogen) atoms. The van der Waals surface area contributed by atoms with Crippen LogP contribution in [-0.2, 0) is 13.1 Å². The molecule has 3 rings (SSSR count). The molecule has 0 aromatic heterocycles. The SMILES string of the molecule is NCc1c(N)ccc(C2CC2)c1CNC(=O)c1cc(F)c(Cl)c(Cl)c1. The number of hydrogen-bond donors (Lipinski definition) is 3. The van der Waals surface area contributed by atoms with Crippen molar-refractivity contribution in [2.45, 2.75) is 31.8 Å². The minimum Gasteiger partial charge on any atom is -0.398 e. The van der Waals surface area contributed by atoms with Gasteiger partial charge in [0, 0.05) is 24.3 Å². The molecule has 0 radical (unpaired) electrons. The highest BCUT2D eigenvalue weighted by atomic mass is 35.5. The number of anilines is 1. The summed E-state index contributed by atoms with van der Waals surface area (Å²) in [6.45, 7) is 0.559. The molecule has 7 heteroatoms. The Hall–Kier alpha value is -1.82. The highest BCUT2D eigenvalue weighted by Crippen LogP contribution is 2.43. The number of hydrogen-bond acceptors (Lipinski definition) is 3. The van der Waals surface area contributed by atoms with Gasteiger partial charge in [-0.25, -0.2) is 4.39 Å². The molecule has 5 N–H and O–H groups in total. The van der Waals surface area contributed by atoms with Crippen LogP contribution in [0.25, 0.3) is 0 Å². The molecule has 0 unspecified atom stereocenters. The van der Waals surface area contributed by atoms with E-state index in [0.717, 1.165) is 35.6 Å². The molecular formula is C18H18Cl2FN3O. The molecule has 0 heterocycles. The van der Waals surface area contributed by atoms with E-state index in [1.807, 2.05) is 12.1 Å². The van der Waals surface area contributed by atoms with Gasteiger partial charge in [-0.3, -0.25) is 4.79 Å². The molecule has 1 fully saturated rings. The molecule has 1 saturated carbocycles. The Morgan fingerprint density at radius 1 is 1.24 bits per heavy atom. The van der Waals surface area contributed by atoms with Crippen LogP contribution in [0.3, 0.4) is 0 Å². The van der Waals surface area contributed by atoms with Crippen molar-refractivity contribution in [3.63, 3.8) is 0 Å². The van der Waals surface area contributed by atoms with Crippen molar-refractivity contribution >= 4 is 34.8 Å². The van der Waals surface area contributed by atoms with E-state index < -0.39 is 11.7 Å². The van der Waals surface area contributed by atoms with Crippen LogP contribution < -0.4 is 16.8 Å². The van der Waals surface area contributed by atoms with E-state index in [1.54, 1.807) is 0 Å². The number of nitrogens with one attached hydrogen (secondary N) is 1. The molecule has 0 bridgehead atoms. The molecule has 1 amide bonds. The van der Waals surface area contributed by atoms with Gasteiger partial charge >= 0.3 is 0 Å². The van der Waals surface area contributed by atoms with Crippen LogP contribution in [0.2, 0.25) is 10.0 Å². The van der Waals surface area contributed by atoms with Gasteiger partial charge in [-0.05, 0) is 53.6 Å². The first-order valence-corrected chi connectivity index (χ1v) is 8.71. The van der Waals surface area contributed by atoms with Crippen LogP contribution in [0, 0.1) is 5.82 Å². The predicted octanol–water partition coefficient (Wildman–Crippen LogP) is 3.98. The highest BCUT2D eigenvalue weighted by molar-refractivity contribution is 6.42. The molecule has 0 spiro atoms. The lowest BCUT2D eigenvalue weighted by Gasteiger charge is -2.17. The number of nitrogen functional groups attached to an aromatic ring is 1. The van der Waals surface area contributed by atoms with E-state index in [1.165, 1.54) is 6.07 Å². The van der Waals surface area contributed by atoms with Crippen molar-refractivity contribution in [2.75, 3.05) is 5.73 Å². The van der Waals surface area contributed by atoms with E-state index in [9.17, 15) is 9.18 Å². The maximum absolute atomic E-state index is 13.7. The Balaban J connectivity index is 1.84. The molecule has 0 aliphatic heterocycles. The van der Waals surface area contributed by atoms with Crippen molar-refractivity contribution in [3.8, 4) is 0 Å². The smallest absolute Gasteiger partial charge is 0.251 e. The lowest BCUT2D eigenvalue weighted by molar-refractivity contribution is 0.0950. The fourth-order valence-corrected chi connectivity index (χ4v) is 3.23. The maximum Gasteiger partial charge on any atom is 0.251 e. The topological polar surface area (TPSA) is 81.1 Å². The average molecular weight is 382 g/mol. The number of benzene rings is 2. The van der Waals surface area contributed by atoms with Crippen LogP contribution in [0.5, 0.6) is 0 Å². The molecular weight excluding hydrogens is 364 g/mol. The Labute approximate surface area is 155 Å². The molecule has 132 valence electrons. The van der Waals surface area contributed by atoms with Gasteiger partial charge in [-0.1, -0.05) is 29.3 Å².